The fourth-order valence-electron chi connectivity index (χ4n) is 2.14. The van der Waals surface area contributed by atoms with E-state index in [2.05, 4.69) is 15.8 Å². The number of H-pyrrole nitrogens is 1. The molecular formula is C16H22N4O3. The summed E-state index contributed by atoms with van der Waals surface area (Å²) in [4.78, 5) is 26.6. The van der Waals surface area contributed by atoms with Gasteiger partial charge in [-0.2, -0.15) is 0 Å². The number of aromatic amines is 1. The van der Waals surface area contributed by atoms with E-state index >= 15 is 0 Å². The van der Waals surface area contributed by atoms with Gasteiger partial charge in [0.15, 0.2) is 0 Å². The number of amides is 2. The number of aromatic nitrogens is 1. The van der Waals surface area contributed by atoms with Crippen molar-refractivity contribution in [3.8, 4) is 0 Å². The molecule has 5 N–H and O–H groups in total. The molecule has 0 radical (unpaired) electrons. The predicted octanol–water partition coefficient (Wildman–Crippen LogP) is 1.59. The van der Waals surface area contributed by atoms with E-state index in [4.69, 9.17) is 10.5 Å². The molecular weight excluding hydrogens is 296 g/mol. The van der Waals surface area contributed by atoms with Crippen LogP contribution in [0.5, 0.6) is 0 Å². The first-order valence-corrected chi connectivity index (χ1v) is 7.36. The zero-order valence-electron chi connectivity index (χ0n) is 13.5. The van der Waals surface area contributed by atoms with Gasteiger partial charge in [-0.1, -0.05) is 18.2 Å². The van der Waals surface area contributed by atoms with Crippen LogP contribution in [0, 0.1) is 0 Å². The van der Waals surface area contributed by atoms with Crippen molar-refractivity contribution in [2.75, 3.05) is 0 Å². The Bertz CT molecular complexity index is 703. The van der Waals surface area contributed by atoms with Crippen LogP contribution in [0.25, 0.3) is 10.9 Å². The van der Waals surface area contributed by atoms with Gasteiger partial charge in [0.25, 0.3) is 5.91 Å². The van der Waals surface area contributed by atoms with Crippen LogP contribution in [-0.4, -0.2) is 28.6 Å². The highest BCUT2D eigenvalue weighted by Gasteiger charge is 2.19. The number of hydrazine groups is 1. The van der Waals surface area contributed by atoms with Crippen LogP contribution in [0.1, 0.15) is 26.3 Å². The average molecular weight is 318 g/mol. The number of rotatable bonds is 3. The largest absolute Gasteiger partial charge is 0.443 e. The van der Waals surface area contributed by atoms with Crippen molar-refractivity contribution >= 4 is 22.9 Å². The molecule has 0 aliphatic carbocycles. The molecule has 23 heavy (non-hydrogen) atoms. The van der Waals surface area contributed by atoms with E-state index in [1.54, 1.807) is 20.8 Å². The lowest BCUT2D eigenvalue weighted by molar-refractivity contribution is -0.123. The number of hydrogen-bond donors (Lipinski definition) is 4. The number of ether oxygens (including phenoxy) is 1. The van der Waals surface area contributed by atoms with Gasteiger partial charge in [0.2, 0.25) is 0 Å². The van der Waals surface area contributed by atoms with Gasteiger partial charge in [-0.3, -0.25) is 10.2 Å². The fourth-order valence-corrected chi connectivity index (χ4v) is 2.14. The Morgan fingerprint density at radius 3 is 2.65 bits per heavy atom. The monoisotopic (exact) mass is 318 g/mol. The normalized spacial score (nSPS) is 12.7. The highest BCUT2D eigenvalue weighted by molar-refractivity contribution is 5.86. The molecule has 0 aliphatic rings. The molecule has 2 aromatic rings. The molecule has 2 rings (SSSR count). The third-order valence-electron chi connectivity index (χ3n) is 3.14. The van der Waals surface area contributed by atoms with Crippen LogP contribution in [-0.2, 0) is 16.0 Å². The number of carbonyl (C=O) groups is 2. The second-order valence-electron chi connectivity index (χ2n) is 6.29. The number of fused-ring (bicyclic) bond motifs is 1. The molecule has 0 saturated heterocycles. The second-order valence-corrected chi connectivity index (χ2v) is 6.29. The van der Waals surface area contributed by atoms with Crippen molar-refractivity contribution in [1.82, 2.24) is 15.8 Å². The Labute approximate surface area is 134 Å². The Balaban J connectivity index is 1.89. The maximum atomic E-state index is 12.0. The average Bonchev–Trinajstić information content (AvgIpc) is 2.86. The minimum absolute atomic E-state index is 0.353. The van der Waals surface area contributed by atoms with Gasteiger partial charge in [-0.25, -0.2) is 10.2 Å². The smallest absolute Gasteiger partial charge is 0.426 e. The first-order chi connectivity index (χ1) is 10.8. The van der Waals surface area contributed by atoms with E-state index in [9.17, 15) is 9.59 Å². The van der Waals surface area contributed by atoms with Gasteiger partial charge < -0.3 is 15.5 Å². The van der Waals surface area contributed by atoms with Crippen molar-refractivity contribution < 1.29 is 14.3 Å². The summed E-state index contributed by atoms with van der Waals surface area (Å²) in [6.45, 7) is 5.20. The molecule has 1 aromatic heterocycles. The number of benzene rings is 1. The van der Waals surface area contributed by atoms with Crippen LogP contribution >= 0.6 is 0 Å². The number of nitrogens with two attached hydrogens (primary N) is 1. The lowest BCUT2D eigenvalue weighted by Gasteiger charge is -2.20. The molecule has 7 nitrogen and oxygen atoms in total. The van der Waals surface area contributed by atoms with E-state index < -0.39 is 23.6 Å². The minimum atomic E-state index is -0.788. The summed E-state index contributed by atoms with van der Waals surface area (Å²) in [5.74, 6) is -0.485. The standard InChI is InChI=1S/C16H22N4O3/c1-16(2,3)23-15(22)20-19-14(21)12(17)8-10-9-18-13-7-5-4-6-11(10)13/h4-7,9,12,18H,8,17H2,1-3H3,(H,19,21)(H,20,22). The summed E-state index contributed by atoms with van der Waals surface area (Å²) in [6, 6.07) is 6.98. The Morgan fingerprint density at radius 2 is 1.96 bits per heavy atom. The number of hydrogen-bond acceptors (Lipinski definition) is 4. The van der Waals surface area contributed by atoms with E-state index in [1.165, 1.54) is 0 Å². The molecule has 0 fully saturated rings. The molecule has 0 bridgehead atoms. The molecule has 1 atom stereocenters. The van der Waals surface area contributed by atoms with Crippen molar-refractivity contribution in [1.29, 1.82) is 0 Å². The summed E-state index contributed by atoms with van der Waals surface area (Å²) in [5.41, 5.74) is 11.6. The molecule has 0 saturated carbocycles. The van der Waals surface area contributed by atoms with Gasteiger partial charge in [0.1, 0.15) is 5.60 Å². The lowest BCUT2D eigenvalue weighted by atomic mass is 10.1. The summed E-state index contributed by atoms with van der Waals surface area (Å²) in [5, 5.41) is 1.02. The van der Waals surface area contributed by atoms with Crippen LogP contribution in [0.15, 0.2) is 30.5 Å². The molecule has 1 aromatic carbocycles. The Hall–Kier alpha value is -2.54. The van der Waals surface area contributed by atoms with E-state index in [1.807, 2.05) is 30.5 Å². The van der Waals surface area contributed by atoms with Crippen molar-refractivity contribution in [2.45, 2.75) is 38.8 Å². The fraction of sp³-hybridized carbons (Fsp3) is 0.375. The van der Waals surface area contributed by atoms with Gasteiger partial charge in [0, 0.05) is 17.1 Å². The SMILES string of the molecule is CC(C)(C)OC(=O)NNC(=O)C(N)Cc1c[nH]c2ccccc12. The molecule has 1 heterocycles. The highest BCUT2D eigenvalue weighted by Crippen LogP contribution is 2.18. The van der Waals surface area contributed by atoms with E-state index in [-0.39, 0.29) is 0 Å². The van der Waals surface area contributed by atoms with Gasteiger partial charge in [-0.05, 0) is 38.8 Å². The maximum Gasteiger partial charge on any atom is 0.426 e. The third kappa shape index (κ3) is 4.72. The Morgan fingerprint density at radius 1 is 1.26 bits per heavy atom. The second kappa shape index (κ2) is 6.70. The van der Waals surface area contributed by atoms with E-state index in [0.717, 1.165) is 16.5 Å². The molecule has 0 aliphatic heterocycles. The first-order valence-electron chi connectivity index (χ1n) is 7.36. The summed E-state index contributed by atoms with van der Waals surface area (Å²) in [6.07, 6.45) is 1.45. The lowest BCUT2D eigenvalue weighted by Crippen LogP contribution is -2.51. The summed E-state index contributed by atoms with van der Waals surface area (Å²) >= 11 is 0. The van der Waals surface area contributed by atoms with E-state index in [0.29, 0.717) is 6.42 Å². The van der Waals surface area contributed by atoms with Crippen LogP contribution in [0.3, 0.4) is 0 Å². The number of para-hydroxylation sites is 1. The predicted molar refractivity (Wildman–Crippen MR) is 87.5 cm³/mol. The maximum absolute atomic E-state index is 12.0. The highest BCUT2D eigenvalue weighted by atomic mass is 16.6. The van der Waals surface area contributed by atoms with Gasteiger partial charge in [-0.15, -0.1) is 0 Å². The van der Waals surface area contributed by atoms with Gasteiger partial charge >= 0.3 is 6.09 Å². The van der Waals surface area contributed by atoms with Crippen molar-refractivity contribution in [3.05, 3.63) is 36.0 Å². The number of carbonyl (C=O) groups excluding carboxylic acids is 2. The van der Waals surface area contributed by atoms with Crippen LogP contribution < -0.4 is 16.6 Å². The summed E-state index contributed by atoms with van der Waals surface area (Å²) < 4.78 is 5.02. The topological polar surface area (TPSA) is 109 Å². The van der Waals surface area contributed by atoms with Crippen LogP contribution in [0.4, 0.5) is 4.79 Å². The van der Waals surface area contributed by atoms with Gasteiger partial charge in [0.05, 0.1) is 6.04 Å². The molecule has 1 unspecified atom stereocenters. The molecule has 0 spiro atoms. The van der Waals surface area contributed by atoms with Crippen molar-refractivity contribution in [3.63, 3.8) is 0 Å². The quantitative estimate of drug-likeness (QED) is 0.644. The minimum Gasteiger partial charge on any atom is -0.443 e. The van der Waals surface area contributed by atoms with Crippen LogP contribution in [0.2, 0.25) is 0 Å². The third-order valence-corrected chi connectivity index (χ3v) is 3.14. The summed E-state index contributed by atoms with van der Waals surface area (Å²) in [7, 11) is 0. The molecule has 124 valence electrons. The zero-order chi connectivity index (χ0) is 17.0. The van der Waals surface area contributed by atoms with Crippen molar-refractivity contribution in [2.24, 2.45) is 5.73 Å². The number of nitrogens with one attached hydrogen (secondary N) is 3. The first kappa shape index (κ1) is 16.8. The molecule has 2 amide bonds. The molecule has 7 heteroatoms. The zero-order valence-corrected chi connectivity index (χ0v) is 13.5. The Kier molecular flexibility index (Phi) is 4.90.